The number of phenols is 1. The maximum Gasteiger partial charge on any atom is 0.338 e. The maximum absolute atomic E-state index is 12.4. The Morgan fingerprint density at radius 1 is 1.06 bits per heavy atom. The minimum Gasteiger partial charge on any atom is -0.504 e. The molecule has 1 unspecified atom stereocenters. The van der Waals surface area contributed by atoms with E-state index in [1.54, 1.807) is 42.5 Å². The summed E-state index contributed by atoms with van der Waals surface area (Å²) in [5.74, 6) is 0.140. The zero-order valence-electron chi connectivity index (χ0n) is 18.3. The second-order valence-corrected chi connectivity index (χ2v) is 8.58. The quantitative estimate of drug-likeness (QED) is 0.290. The predicted molar refractivity (Wildman–Crippen MR) is 134 cm³/mol. The molecule has 0 amide bonds. The molecule has 0 saturated carbocycles. The number of ether oxygens (including phenoxy) is 2. The third-order valence-electron chi connectivity index (χ3n) is 5.11. The van der Waals surface area contributed by atoms with Gasteiger partial charge in [-0.2, -0.15) is 0 Å². The van der Waals surface area contributed by atoms with Gasteiger partial charge in [0.25, 0.3) is 0 Å². The number of phenolic OH excluding ortho intramolecular Hbond substituents is 1. The van der Waals surface area contributed by atoms with Crippen molar-refractivity contribution in [3.63, 3.8) is 0 Å². The van der Waals surface area contributed by atoms with Gasteiger partial charge in [0.1, 0.15) is 0 Å². The summed E-state index contributed by atoms with van der Waals surface area (Å²) in [5, 5.41) is 13.7. The first-order chi connectivity index (χ1) is 15.9. The molecule has 0 aliphatic heterocycles. The summed E-state index contributed by atoms with van der Waals surface area (Å²) in [5.41, 5.74) is 2.53. The van der Waals surface area contributed by atoms with Crippen LogP contribution in [0, 0.1) is 5.92 Å². The van der Waals surface area contributed by atoms with E-state index in [9.17, 15) is 9.90 Å². The third-order valence-corrected chi connectivity index (χ3v) is 5.67. The molecule has 0 aromatic heterocycles. The largest absolute Gasteiger partial charge is 0.504 e. The van der Waals surface area contributed by atoms with Crippen molar-refractivity contribution in [2.75, 3.05) is 13.7 Å². The highest BCUT2D eigenvalue weighted by Gasteiger charge is 2.17. The lowest BCUT2D eigenvalue weighted by Crippen LogP contribution is -2.27. The summed E-state index contributed by atoms with van der Waals surface area (Å²) in [6, 6.07) is 21.7. The number of rotatable bonds is 10. The first-order valence-electron chi connectivity index (χ1n) is 10.5. The molecule has 3 aromatic rings. The van der Waals surface area contributed by atoms with Crippen LogP contribution in [-0.2, 0) is 17.7 Å². The Labute approximate surface area is 204 Å². The van der Waals surface area contributed by atoms with Crippen LogP contribution in [0.4, 0.5) is 0 Å². The second-order valence-electron chi connectivity index (χ2n) is 7.65. The highest BCUT2D eigenvalue weighted by atomic mass is 35.5. The van der Waals surface area contributed by atoms with E-state index in [-0.39, 0.29) is 24.2 Å². The number of carbonyl (C=O) groups is 1. The van der Waals surface area contributed by atoms with Gasteiger partial charge in [0, 0.05) is 23.9 Å². The molecule has 0 fully saturated rings. The zero-order chi connectivity index (χ0) is 23.6. The second kappa shape index (κ2) is 12.2. The number of thiocarbonyl (C=S) groups is 1. The molecule has 2 N–H and O–H groups in total. The molecular weight excluding hydrogens is 458 g/mol. The Morgan fingerprint density at radius 2 is 1.76 bits per heavy atom. The van der Waals surface area contributed by atoms with Crippen molar-refractivity contribution in [3.8, 4) is 11.5 Å². The topological polar surface area (TPSA) is 67.8 Å². The van der Waals surface area contributed by atoms with Crippen LogP contribution in [0.25, 0.3) is 0 Å². The third kappa shape index (κ3) is 7.77. The molecule has 0 saturated heterocycles. The van der Waals surface area contributed by atoms with Crippen molar-refractivity contribution >= 4 is 34.8 Å². The normalized spacial score (nSPS) is 11.5. The van der Waals surface area contributed by atoms with Gasteiger partial charge in [0.05, 0.1) is 24.3 Å². The van der Waals surface area contributed by atoms with E-state index in [4.69, 9.17) is 33.3 Å². The molecule has 0 aliphatic carbocycles. The molecule has 3 rings (SSSR count). The van der Waals surface area contributed by atoms with E-state index in [2.05, 4.69) is 5.32 Å². The van der Waals surface area contributed by atoms with Crippen molar-refractivity contribution in [2.24, 2.45) is 5.92 Å². The molecule has 0 heterocycles. The maximum atomic E-state index is 12.4. The molecule has 0 spiro atoms. The Hall–Kier alpha value is -3.09. The first kappa shape index (κ1) is 24.6. The summed E-state index contributed by atoms with van der Waals surface area (Å²) in [4.78, 5) is 13.1. The van der Waals surface area contributed by atoms with Crippen molar-refractivity contribution < 1.29 is 19.4 Å². The number of hydrogen-bond donors (Lipinski definition) is 2. The van der Waals surface area contributed by atoms with Crippen molar-refractivity contribution in [2.45, 2.75) is 19.4 Å². The van der Waals surface area contributed by atoms with Crippen LogP contribution >= 0.6 is 23.8 Å². The van der Waals surface area contributed by atoms with E-state index >= 15 is 0 Å². The lowest BCUT2D eigenvalue weighted by atomic mass is 9.96. The predicted octanol–water partition coefficient (Wildman–Crippen LogP) is 5.58. The van der Waals surface area contributed by atoms with E-state index in [0.717, 1.165) is 11.1 Å². The Balaban J connectivity index is 1.61. The van der Waals surface area contributed by atoms with Gasteiger partial charge < -0.3 is 19.9 Å². The van der Waals surface area contributed by atoms with Gasteiger partial charge in [-0.05, 0) is 53.9 Å². The van der Waals surface area contributed by atoms with Crippen LogP contribution in [0.5, 0.6) is 11.5 Å². The number of methoxy groups -OCH3 is 1. The van der Waals surface area contributed by atoms with Crippen LogP contribution in [0.1, 0.15) is 27.9 Å². The van der Waals surface area contributed by atoms with Gasteiger partial charge in [-0.25, -0.2) is 4.79 Å². The van der Waals surface area contributed by atoms with Crippen molar-refractivity contribution in [1.82, 2.24) is 5.32 Å². The summed E-state index contributed by atoms with van der Waals surface area (Å²) >= 11 is 11.6. The zero-order valence-corrected chi connectivity index (χ0v) is 19.9. The Morgan fingerprint density at radius 3 is 2.45 bits per heavy atom. The van der Waals surface area contributed by atoms with Crippen LogP contribution in [0.2, 0.25) is 5.02 Å². The van der Waals surface area contributed by atoms with Crippen LogP contribution in [-0.4, -0.2) is 29.8 Å². The summed E-state index contributed by atoms with van der Waals surface area (Å²) in [7, 11) is 1.51. The van der Waals surface area contributed by atoms with E-state index in [1.807, 2.05) is 30.3 Å². The van der Waals surface area contributed by atoms with Gasteiger partial charge in [-0.15, -0.1) is 0 Å². The summed E-state index contributed by atoms with van der Waals surface area (Å²) in [6.45, 7) is 0.734. The van der Waals surface area contributed by atoms with Crippen molar-refractivity contribution in [1.29, 1.82) is 0 Å². The Bertz CT molecular complexity index is 1070. The fraction of sp³-hybridized carbons (Fsp3) is 0.231. The standard InChI is InChI=1S/C26H26ClNO4S/c1-31-24-14-19(9-12-23(24)29)16-28-25(33)15-20(13-18-7-10-22(27)11-8-18)17-32-26(30)21-5-3-2-4-6-21/h2-12,14,20,29H,13,15-17H2,1H3,(H,28,33). The average Bonchev–Trinajstić information content (AvgIpc) is 2.83. The Kier molecular flexibility index (Phi) is 9.10. The summed E-state index contributed by atoms with van der Waals surface area (Å²) < 4.78 is 10.8. The monoisotopic (exact) mass is 483 g/mol. The number of carbonyl (C=O) groups excluding carboxylic acids is 1. The average molecular weight is 484 g/mol. The number of halogens is 1. The van der Waals surface area contributed by atoms with E-state index < -0.39 is 0 Å². The van der Waals surface area contributed by atoms with Crippen LogP contribution in [0.3, 0.4) is 0 Å². The lowest BCUT2D eigenvalue weighted by Gasteiger charge is -2.19. The van der Waals surface area contributed by atoms with Gasteiger partial charge in [-0.1, -0.05) is 60.2 Å². The molecule has 3 aromatic carbocycles. The smallest absolute Gasteiger partial charge is 0.338 e. The minimum atomic E-state index is -0.355. The van der Waals surface area contributed by atoms with Crippen LogP contribution < -0.4 is 10.1 Å². The molecule has 0 bridgehead atoms. The van der Waals surface area contributed by atoms with Gasteiger partial charge in [-0.3, -0.25) is 0 Å². The number of hydrogen-bond acceptors (Lipinski definition) is 5. The molecule has 33 heavy (non-hydrogen) atoms. The van der Waals surface area contributed by atoms with Gasteiger partial charge in [0.2, 0.25) is 0 Å². The lowest BCUT2D eigenvalue weighted by molar-refractivity contribution is 0.0442. The van der Waals surface area contributed by atoms with Crippen LogP contribution in [0.15, 0.2) is 72.8 Å². The molecular formula is C26H26ClNO4S. The molecule has 172 valence electrons. The van der Waals surface area contributed by atoms with E-state index in [0.29, 0.717) is 40.7 Å². The molecule has 5 nitrogen and oxygen atoms in total. The fourth-order valence-corrected chi connectivity index (χ4v) is 3.80. The van der Waals surface area contributed by atoms with Gasteiger partial charge in [0.15, 0.2) is 11.5 Å². The fourth-order valence-electron chi connectivity index (χ4n) is 3.36. The molecule has 1 atom stereocenters. The number of nitrogens with one attached hydrogen (secondary N) is 1. The number of aromatic hydroxyl groups is 1. The number of benzene rings is 3. The minimum absolute atomic E-state index is 0.00630. The highest BCUT2D eigenvalue weighted by Crippen LogP contribution is 2.26. The van der Waals surface area contributed by atoms with E-state index in [1.165, 1.54) is 7.11 Å². The molecule has 0 radical (unpaired) electrons. The first-order valence-corrected chi connectivity index (χ1v) is 11.3. The van der Waals surface area contributed by atoms with Gasteiger partial charge >= 0.3 is 5.97 Å². The SMILES string of the molecule is COc1cc(CNC(=S)CC(COC(=O)c2ccccc2)Cc2ccc(Cl)cc2)ccc1O. The number of esters is 1. The molecule has 0 aliphatic rings. The highest BCUT2D eigenvalue weighted by molar-refractivity contribution is 7.80. The molecule has 7 heteroatoms. The van der Waals surface area contributed by atoms with Crippen molar-refractivity contribution in [3.05, 3.63) is 94.5 Å². The summed E-state index contributed by atoms with van der Waals surface area (Å²) in [6.07, 6.45) is 1.24.